The Labute approximate surface area is 177 Å². The molecule has 0 radical (unpaired) electrons. The summed E-state index contributed by atoms with van der Waals surface area (Å²) in [6.07, 6.45) is 8.58. The fraction of sp³-hybridized carbons (Fsp3) is 0.545. The quantitative estimate of drug-likeness (QED) is 0.534. The lowest BCUT2D eigenvalue weighted by atomic mass is 9.94. The smallest absolute Gasteiger partial charge is 0.414 e. The molecular weight excluding hydrogens is 388 g/mol. The van der Waals surface area contributed by atoms with E-state index in [0.29, 0.717) is 0 Å². The first kappa shape index (κ1) is 23.7. The van der Waals surface area contributed by atoms with Crippen molar-refractivity contribution in [2.75, 3.05) is 46.9 Å². The number of hydrogen-bond acceptors (Lipinski definition) is 6. The predicted octanol–water partition coefficient (Wildman–Crippen LogP) is 2.33. The summed E-state index contributed by atoms with van der Waals surface area (Å²) in [5.41, 5.74) is 1.21. The molecule has 1 aromatic carbocycles. The van der Waals surface area contributed by atoms with Crippen LogP contribution in [0.4, 0.5) is 0 Å². The Morgan fingerprint density at radius 2 is 1.67 bits per heavy atom. The number of hydrogen-bond donors (Lipinski definition) is 2. The molecule has 1 fully saturated rings. The molecule has 0 spiro atoms. The van der Waals surface area contributed by atoms with Gasteiger partial charge in [0.15, 0.2) is 11.5 Å². The zero-order valence-corrected chi connectivity index (χ0v) is 17.7. The van der Waals surface area contributed by atoms with Crippen molar-refractivity contribution in [3.8, 4) is 11.5 Å². The van der Waals surface area contributed by atoms with Gasteiger partial charge >= 0.3 is 11.9 Å². The van der Waals surface area contributed by atoms with Crippen molar-refractivity contribution in [2.24, 2.45) is 5.92 Å². The SMILES string of the molecule is COc1cccc(CN2CCN(CC3CC=CCC3)CC2)c1OC.O=C(O)C(=O)O. The molecule has 8 heteroatoms. The molecule has 0 bridgehead atoms. The summed E-state index contributed by atoms with van der Waals surface area (Å²) >= 11 is 0. The molecule has 30 heavy (non-hydrogen) atoms. The minimum Gasteiger partial charge on any atom is -0.493 e. The molecule has 1 aliphatic carbocycles. The largest absolute Gasteiger partial charge is 0.493 e. The first-order chi connectivity index (χ1) is 14.4. The Kier molecular flexibility index (Phi) is 9.63. The lowest BCUT2D eigenvalue weighted by molar-refractivity contribution is -0.159. The molecule has 0 saturated carbocycles. The van der Waals surface area contributed by atoms with E-state index >= 15 is 0 Å². The van der Waals surface area contributed by atoms with Crippen LogP contribution < -0.4 is 9.47 Å². The highest BCUT2D eigenvalue weighted by Gasteiger charge is 2.21. The van der Waals surface area contributed by atoms with Gasteiger partial charge in [-0.3, -0.25) is 4.90 Å². The van der Waals surface area contributed by atoms with Crippen LogP contribution in [-0.4, -0.2) is 78.9 Å². The molecule has 1 heterocycles. The lowest BCUT2D eigenvalue weighted by Crippen LogP contribution is -2.47. The summed E-state index contributed by atoms with van der Waals surface area (Å²) in [6.45, 7) is 6.80. The molecular formula is C22H32N2O6. The highest BCUT2D eigenvalue weighted by molar-refractivity contribution is 6.27. The van der Waals surface area contributed by atoms with Crippen LogP contribution in [0.25, 0.3) is 0 Å². The number of carboxylic acids is 2. The minimum absolute atomic E-state index is 0.819. The fourth-order valence-electron chi connectivity index (χ4n) is 3.84. The van der Waals surface area contributed by atoms with Crippen molar-refractivity contribution in [1.29, 1.82) is 0 Å². The Bertz CT molecular complexity index is 716. The van der Waals surface area contributed by atoms with E-state index in [0.717, 1.165) is 37.1 Å². The average Bonchev–Trinajstić information content (AvgIpc) is 2.76. The maximum Gasteiger partial charge on any atom is 0.414 e. The van der Waals surface area contributed by atoms with Gasteiger partial charge in [0, 0.05) is 44.8 Å². The van der Waals surface area contributed by atoms with Crippen LogP contribution in [-0.2, 0) is 16.1 Å². The van der Waals surface area contributed by atoms with Gasteiger partial charge in [0.25, 0.3) is 0 Å². The maximum atomic E-state index is 9.10. The summed E-state index contributed by atoms with van der Waals surface area (Å²) < 4.78 is 11.0. The molecule has 1 saturated heterocycles. The van der Waals surface area contributed by atoms with Crippen molar-refractivity contribution in [2.45, 2.75) is 25.8 Å². The Morgan fingerprint density at radius 1 is 1.00 bits per heavy atom. The lowest BCUT2D eigenvalue weighted by Gasteiger charge is -2.37. The highest BCUT2D eigenvalue weighted by Crippen LogP contribution is 2.31. The second-order valence-corrected chi connectivity index (χ2v) is 7.49. The van der Waals surface area contributed by atoms with Gasteiger partial charge < -0.3 is 24.6 Å². The van der Waals surface area contributed by atoms with Crippen LogP contribution in [0.2, 0.25) is 0 Å². The van der Waals surface area contributed by atoms with Crippen molar-refractivity contribution in [1.82, 2.24) is 9.80 Å². The first-order valence-corrected chi connectivity index (χ1v) is 10.2. The van der Waals surface area contributed by atoms with E-state index in [4.69, 9.17) is 29.3 Å². The van der Waals surface area contributed by atoms with E-state index in [1.165, 1.54) is 44.5 Å². The second kappa shape index (κ2) is 12.2. The number of piperazine rings is 1. The van der Waals surface area contributed by atoms with E-state index < -0.39 is 11.9 Å². The summed E-state index contributed by atoms with van der Waals surface area (Å²) in [5, 5.41) is 14.8. The number of allylic oxidation sites excluding steroid dienone is 2. The Morgan fingerprint density at radius 3 is 2.20 bits per heavy atom. The number of para-hydroxylation sites is 1. The third-order valence-electron chi connectivity index (χ3n) is 5.42. The normalized spacial score (nSPS) is 19.5. The van der Waals surface area contributed by atoms with E-state index in [1.54, 1.807) is 14.2 Å². The summed E-state index contributed by atoms with van der Waals surface area (Å²) in [5.74, 6) is -1.10. The van der Waals surface area contributed by atoms with Gasteiger partial charge in [-0.25, -0.2) is 9.59 Å². The summed E-state index contributed by atoms with van der Waals surface area (Å²) in [6, 6.07) is 6.14. The monoisotopic (exact) mass is 420 g/mol. The molecule has 8 nitrogen and oxygen atoms in total. The van der Waals surface area contributed by atoms with Crippen LogP contribution in [0, 0.1) is 5.92 Å². The Balaban J connectivity index is 0.000000469. The van der Waals surface area contributed by atoms with Gasteiger partial charge in [0.1, 0.15) is 0 Å². The Hall–Kier alpha value is -2.58. The number of aliphatic carboxylic acids is 2. The molecule has 1 aromatic rings. The third kappa shape index (κ3) is 7.35. The number of benzene rings is 1. The topological polar surface area (TPSA) is 99.5 Å². The number of methoxy groups -OCH3 is 2. The number of carbonyl (C=O) groups is 2. The molecule has 166 valence electrons. The fourth-order valence-corrected chi connectivity index (χ4v) is 3.84. The number of carboxylic acid groups (broad SMARTS) is 2. The van der Waals surface area contributed by atoms with Crippen LogP contribution in [0.15, 0.2) is 30.4 Å². The zero-order valence-electron chi connectivity index (χ0n) is 17.7. The molecule has 2 aliphatic rings. The summed E-state index contributed by atoms with van der Waals surface area (Å²) in [4.78, 5) is 23.4. The molecule has 2 N–H and O–H groups in total. The van der Waals surface area contributed by atoms with E-state index in [9.17, 15) is 0 Å². The zero-order chi connectivity index (χ0) is 21.9. The van der Waals surface area contributed by atoms with Gasteiger partial charge in [-0.1, -0.05) is 24.3 Å². The highest BCUT2D eigenvalue weighted by atomic mass is 16.5. The van der Waals surface area contributed by atoms with Gasteiger partial charge in [-0.2, -0.15) is 0 Å². The van der Waals surface area contributed by atoms with E-state index in [1.807, 2.05) is 12.1 Å². The maximum absolute atomic E-state index is 9.10. The minimum atomic E-state index is -1.82. The second-order valence-electron chi connectivity index (χ2n) is 7.49. The van der Waals surface area contributed by atoms with Crippen LogP contribution in [0.5, 0.6) is 11.5 Å². The van der Waals surface area contributed by atoms with Gasteiger partial charge in [-0.15, -0.1) is 0 Å². The van der Waals surface area contributed by atoms with Crippen LogP contribution in [0.1, 0.15) is 24.8 Å². The first-order valence-electron chi connectivity index (χ1n) is 10.2. The van der Waals surface area contributed by atoms with Crippen molar-refractivity contribution >= 4 is 11.9 Å². The average molecular weight is 421 g/mol. The van der Waals surface area contributed by atoms with Crippen molar-refractivity contribution in [3.05, 3.63) is 35.9 Å². The molecule has 0 amide bonds. The standard InChI is InChI=1S/C20H30N2O2.C2H2O4/c1-23-19-10-6-9-18(20(19)24-2)16-22-13-11-21(12-14-22)15-17-7-4-3-5-8-17;3-1(4)2(5)6/h3-4,6,9-10,17H,5,7-8,11-16H2,1-2H3;(H,3,4)(H,5,6). The molecule has 3 rings (SSSR count). The molecule has 1 aliphatic heterocycles. The third-order valence-corrected chi connectivity index (χ3v) is 5.42. The van der Waals surface area contributed by atoms with Crippen molar-refractivity contribution in [3.63, 3.8) is 0 Å². The van der Waals surface area contributed by atoms with Gasteiger partial charge in [-0.05, 0) is 31.2 Å². The van der Waals surface area contributed by atoms with Gasteiger partial charge in [0.05, 0.1) is 14.2 Å². The number of ether oxygens (including phenoxy) is 2. The van der Waals surface area contributed by atoms with E-state index in [2.05, 4.69) is 28.0 Å². The number of nitrogens with zero attached hydrogens (tertiary/aromatic N) is 2. The molecule has 1 atom stereocenters. The van der Waals surface area contributed by atoms with Gasteiger partial charge in [0.2, 0.25) is 0 Å². The number of rotatable bonds is 6. The van der Waals surface area contributed by atoms with Crippen molar-refractivity contribution < 1.29 is 29.3 Å². The van der Waals surface area contributed by atoms with E-state index in [-0.39, 0.29) is 0 Å². The van der Waals surface area contributed by atoms with Crippen LogP contribution in [0.3, 0.4) is 0 Å². The molecule has 0 aromatic heterocycles. The van der Waals surface area contributed by atoms with Crippen LogP contribution >= 0.6 is 0 Å². The predicted molar refractivity (Wildman–Crippen MR) is 113 cm³/mol. The molecule has 1 unspecified atom stereocenters. The summed E-state index contributed by atoms with van der Waals surface area (Å²) in [7, 11) is 3.42.